The maximum atomic E-state index is 6.58. The first-order valence-electron chi connectivity index (χ1n) is 7.67. The molecule has 4 nitrogen and oxygen atoms in total. The first kappa shape index (κ1) is 14.4. The molecule has 4 unspecified atom stereocenters. The van der Waals surface area contributed by atoms with Crippen LogP contribution in [0.15, 0.2) is 6.20 Å². The Morgan fingerprint density at radius 1 is 1.45 bits per heavy atom. The number of hydrogen-bond acceptors (Lipinski definition) is 3. The van der Waals surface area contributed by atoms with Crippen molar-refractivity contribution in [2.75, 3.05) is 20.6 Å². The summed E-state index contributed by atoms with van der Waals surface area (Å²) in [4.78, 5) is 2.16. The van der Waals surface area contributed by atoms with Crippen molar-refractivity contribution in [1.82, 2.24) is 14.7 Å². The fourth-order valence-electron chi connectivity index (χ4n) is 4.11. The van der Waals surface area contributed by atoms with Gasteiger partial charge in [0, 0.05) is 6.54 Å². The Bertz CT molecular complexity index is 470. The fraction of sp³-hybridized carbons (Fsp3) is 0.800. The lowest BCUT2D eigenvalue weighted by atomic mass is 9.82. The summed E-state index contributed by atoms with van der Waals surface area (Å²) >= 11 is 6.36. The summed E-state index contributed by atoms with van der Waals surface area (Å²) in [5.74, 6) is 2.32. The number of likely N-dealkylation sites (N-methyl/N-ethyl adjacent to an activating group) is 1. The molecule has 0 aromatic carbocycles. The molecule has 4 atom stereocenters. The Balaban J connectivity index is 1.76. The molecule has 0 saturated heterocycles. The highest BCUT2D eigenvalue weighted by Crippen LogP contribution is 2.52. The van der Waals surface area contributed by atoms with Gasteiger partial charge >= 0.3 is 0 Å². The number of nitrogens with two attached hydrogens (primary N) is 1. The van der Waals surface area contributed by atoms with Crippen LogP contribution in [0.5, 0.6) is 0 Å². The standard InChI is InChI=1S/C15H25ClN4/c1-19(2)5-6-20-15(13(16)9-18-20)14(17)12-8-10-3-4-11(12)7-10/h9-12,14H,3-8,17H2,1-2H3. The van der Waals surface area contributed by atoms with Gasteiger partial charge in [0.25, 0.3) is 0 Å². The molecule has 1 aromatic heterocycles. The van der Waals surface area contributed by atoms with Gasteiger partial charge in [-0.1, -0.05) is 18.0 Å². The SMILES string of the molecule is CN(C)CCn1ncc(Cl)c1C(N)C1CC2CCC1C2. The van der Waals surface area contributed by atoms with E-state index in [1.54, 1.807) is 6.20 Å². The molecule has 3 rings (SSSR count). The highest BCUT2D eigenvalue weighted by Gasteiger charge is 2.43. The summed E-state index contributed by atoms with van der Waals surface area (Å²) in [5.41, 5.74) is 7.63. The van der Waals surface area contributed by atoms with Crippen molar-refractivity contribution < 1.29 is 0 Å². The number of halogens is 1. The molecule has 5 heteroatoms. The van der Waals surface area contributed by atoms with Gasteiger partial charge in [-0.25, -0.2) is 0 Å². The van der Waals surface area contributed by atoms with Gasteiger partial charge in [0.15, 0.2) is 0 Å². The van der Waals surface area contributed by atoms with Crippen molar-refractivity contribution >= 4 is 11.6 Å². The van der Waals surface area contributed by atoms with Crippen molar-refractivity contribution in [3.8, 4) is 0 Å². The molecule has 2 saturated carbocycles. The highest BCUT2D eigenvalue weighted by atomic mass is 35.5. The third kappa shape index (κ3) is 2.61. The zero-order valence-electron chi connectivity index (χ0n) is 12.4. The van der Waals surface area contributed by atoms with Gasteiger partial charge in [-0.05, 0) is 51.1 Å². The van der Waals surface area contributed by atoms with Gasteiger partial charge in [-0.3, -0.25) is 4.68 Å². The quantitative estimate of drug-likeness (QED) is 0.908. The van der Waals surface area contributed by atoms with Crippen molar-refractivity contribution in [2.24, 2.45) is 23.5 Å². The van der Waals surface area contributed by atoms with Gasteiger partial charge < -0.3 is 10.6 Å². The Kier molecular flexibility index (Phi) is 4.07. The van der Waals surface area contributed by atoms with Crippen molar-refractivity contribution in [3.05, 3.63) is 16.9 Å². The van der Waals surface area contributed by atoms with E-state index >= 15 is 0 Å². The molecule has 0 spiro atoms. The molecule has 1 aromatic rings. The van der Waals surface area contributed by atoms with Crippen LogP contribution in [0.3, 0.4) is 0 Å². The molecule has 0 radical (unpaired) electrons. The molecular formula is C15H25ClN4. The van der Waals surface area contributed by atoms with Crippen LogP contribution in [0.2, 0.25) is 5.02 Å². The lowest BCUT2D eigenvalue weighted by Crippen LogP contribution is -2.30. The predicted molar refractivity (Wildman–Crippen MR) is 81.7 cm³/mol. The van der Waals surface area contributed by atoms with Gasteiger partial charge in [-0.2, -0.15) is 5.10 Å². The van der Waals surface area contributed by atoms with Crippen molar-refractivity contribution in [3.63, 3.8) is 0 Å². The molecule has 2 bridgehead atoms. The Hall–Kier alpha value is -0.580. The summed E-state index contributed by atoms with van der Waals surface area (Å²) in [5, 5.41) is 5.16. The van der Waals surface area contributed by atoms with Crippen LogP contribution in [0.25, 0.3) is 0 Å². The van der Waals surface area contributed by atoms with E-state index in [9.17, 15) is 0 Å². The van der Waals surface area contributed by atoms with Gasteiger partial charge in [-0.15, -0.1) is 0 Å². The zero-order chi connectivity index (χ0) is 14.3. The number of nitrogens with zero attached hydrogens (tertiary/aromatic N) is 3. The number of aromatic nitrogens is 2. The van der Waals surface area contributed by atoms with Crippen LogP contribution < -0.4 is 5.73 Å². The Morgan fingerprint density at radius 2 is 2.25 bits per heavy atom. The average molecular weight is 297 g/mol. The molecule has 2 N–H and O–H groups in total. The lowest BCUT2D eigenvalue weighted by molar-refractivity contribution is 0.272. The third-order valence-electron chi connectivity index (χ3n) is 5.16. The molecule has 2 aliphatic carbocycles. The van der Waals surface area contributed by atoms with Gasteiger partial charge in [0.1, 0.15) is 0 Å². The third-order valence-corrected chi connectivity index (χ3v) is 5.45. The van der Waals surface area contributed by atoms with E-state index in [1.165, 1.54) is 25.7 Å². The van der Waals surface area contributed by atoms with Crippen molar-refractivity contribution in [2.45, 2.75) is 38.3 Å². The number of fused-ring (bicyclic) bond motifs is 2. The van der Waals surface area contributed by atoms with Gasteiger partial charge in [0.05, 0.1) is 29.5 Å². The minimum Gasteiger partial charge on any atom is -0.322 e. The summed E-state index contributed by atoms with van der Waals surface area (Å²) in [7, 11) is 4.14. The molecule has 1 heterocycles. The maximum absolute atomic E-state index is 6.58. The van der Waals surface area contributed by atoms with E-state index in [2.05, 4.69) is 24.1 Å². The fourth-order valence-corrected chi connectivity index (χ4v) is 4.38. The normalized spacial score (nSPS) is 30.4. The molecule has 2 fully saturated rings. The van der Waals surface area contributed by atoms with E-state index in [4.69, 9.17) is 17.3 Å². The Morgan fingerprint density at radius 3 is 2.85 bits per heavy atom. The van der Waals surface area contributed by atoms with E-state index in [-0.39, 0.29) is 6.04 Å². The monoisotopic (exact) mass is 296 g/mol. The average Bonchev–Trinajstić information content (AvgIpc) is 3.10. The summed E-state index contributed by atoms with van der Waals surface area (Å²) < 4.78 is 2.01. The molecular weight excluding hydrogens is 272 g/mol. The molecule has 0 aliphatic heterocycles. The molecule has 0 amide bonds. The van der Waals surface area contributed by atoms with Crippen molar-refractivity contribution in [1.29, 1.82) is 0 Å². The number of hydrogen-bond donors (Lipinski definition) is 1. The summed E-state index contributed by atoms with van der Waals surface area (Å²) in [6.07, 6.45) is 7.16. The van der Waals surface area contributed by atoms with Crippen LogP contribution in [0.1, 0.15) is 37.4 Å². The molecule has 112 valence electrons. The first-order valence-corrected chi connectivity index (χ1v) is 8.05. The second-order valence-corrected chi connectivity index (χ2v) is 7.18. The Labute approximate surface area is 126 Å². The second kappa shape index (κ2) is 5.66. The topological polar surface area (TPSA) is 47.1 Å². The van der Waals surface area contributed by atoms with E-state index in [1.807, 2.05) is 4.68 Å². The molecule has 20 heavy (non-hydrogen) atoms. The molecule has 2 aliphatic rings. The first-order chi connectivity index (χ1) is 9.56. The van der Waals surface area contributed by atoms with E-state index in [0.29, 0.717) is 5.92 Å². The maximum Gasteiger partial charge on any atom is 0.0834 e. The second-order valence-electron chi connectivity index (χ2n) is 6.77. The van der Waals surface area contributed by atoms with E-state index < -0.39 is 0 Å². The summed E-state index contributed by atoms with van der Waals surface area (Å²) in [6, 6.07) is 0.0439. The zero-order valence-corrected chi connectivity index (χ0v) is 13.2. The van der Waals surface area contributed by atoms with Crippen LogP contribution in [-0.4, -0.2) is 35.3 Å². The number of rotatable bonds is 5. The van der Waals surface area contributed by atoms with Crippen LogP contribution in [0.4, 0.5) is 0 Å². The minimum atomic E-state index is 0.0439. The largest absolute Gasteiger partial charge is 0.322 e. The minimum absolute atomic E-state index is 0.0439. The van der Waals surface area contributed by atoms with Gasteiger partial charge in [0.2, 0.25) is 0 Å². The predicted octanol–water partition coefficient (Wildman–Crippen LogP) is 2.53. The van der Waals surface area contributed by atoms with Crippen LogP contribution >= 0.6 is 11.6 Å². The summed E-state index contributed by atoms with van der Waals surface area (Å²) in [6.45, 7) is 1.80. The van der Waals surface area contributed by atoms with Crippen LogP contribution in [0, 0.1) is 17.8 Å². The highest BCUT2D eigenvalue weighted by molar-refractivity contribution is 6.31. The van der Waals surface area contributed by atoms with Crippen LogP contribution in [-0.2, 0) is 6.54 Å². The van der Waals surface area contributed by atoms with E-state index in [0.717, 1.165) is 35.6 Å². The lowest BCUT2D eigenvalue weighted by Gasteiger charge is -2.28. The smallest absolute Gasteiger partial charge is 0.0834 e.